The molecule has 0 saturated carbocycles. The van der Waals surface area contributed by atoms with Gasteiger partial charge in [0.2, 0.25) is 5.91 Å². The van der Waals surface area contributed by atoms with Crippen molar-refractivity contribution >= 4 is 17.5 Å². The van der Waals surface area contributed by atoms with Crippen LogP contribution in [0.2, 0.25) is 0 Å². The Hall–Kier alpha value is -1.06. The molecule has 0 aliphatic rings. The van der Waals surface area contributed by atoms with Gasteiger partial charge in [-0.2, -0.15) is 0 Å². The van der Waals surface area contributed by atoms with Crippen LogP contribution in [0.3, 0.4) is 0 Å². The van der Waals surface area contributed by atoms with Crippen LogP contribution >= 0.6 is 11.6 Å². The number of rotatable bonds is 5. The Labute approximate surface area is 107 Å². The number of hydrogen-bond donors (Lipinski definition) is 2. The molecule has 3 nitrogen and oxygen atoms in total. The van der Waals surface area contributed by atoms with Crippen LogP contribution in [0.1, 0.15) is 36.9 Å². The Morgan fingerprint density at radius 1 is 1.35 bits per heavy atom. The van der Waals surface area contributed by atoms with Crippen LogP contribution in [0.5, 0.6) is 0 Å². The van der Waals surface area contributed by atoms with E-state index < -0.39 is 0 Å². The molecule has 0 heterocycles. The van der Waals surface area contributed by atoms with Gasteiger partial charge in [-0.1, -0.05) is 38.1 Å². The first-order valence-corrected chi connectivity index (χ1v) is 6.18. The predicted octanol–water partition coefficient (Wildman–Crippen LogP) is 2.20. The predicted molar refractivity (Wildman–Crippen MR) is 69.2 cm³/mol. The molecular weight excluding hydrogens is 238 g/mol. The van der Waals surface area contributed by atoms with E-state index in [1.165, 1.54) is 0 Å². The van der Waals surface area contributed by atoms with Gasteiger partial charge in [-0.15, -0.1) is 11.6 Å². The molecule has 2 N–H and O–H groups in total. The molecule has 0 radical (unpaired) electrons. The van der Waals surface area contributed by atoms with Crippen LogP contribution in [0.4, 0.5) is 0 Å². The first-order chi connectivity index (χ1) is 8.10. The van der Waals surface area contributed by atoms with Crippen LogP contribution in [0, 0.1) is 0 Å². The van der Waals surface area contributed by atoms with E-state index in [0.29, 0.717) is 5.92 Å². The van der Waals surface area contributed by atoms with E-state index in [1.807, 2.05) is 24.3 Å². The first kappa shape index (κ1) is 14.0. The van der Waals surface area contributed by atoms with E-state index in [4.69, 9.17) is 11.6 Å². The molecule has 0 fully saturated rings. The molecule has 1 aromatic rings. The lowest BCUT2D eigenvalue weighted by Crippen LogP contribution is -2.32. The van der Waals surface area contributed by atoms with Crippen molar-refractivity contribution < 1.29 is 9.90 Å². The molecule has 0 aliphatic heterocycles. The van der Waals surface area contributed by atoms with Gasteiger partial charge in [0.05, 0.1) is 12.6 Å². The maximum absolute atomic E-state index is 11.3. The van der Waals surface area contributed by atoms with E-state index in [0.717, 1.165) is 11.1 Å². The van der Waals surface area contributed by atoms with Gasteiger partial charge in [0, 0.05) is 0 Å². The summed E-state index contributed by atoms with van der Waals surface area (Å²) in [7, 11) is 0. The minimum absolute atomic E-state index is 0.0969. The highest BCUT2D eigenvalue weighted by molar-refractivity contribution is 6.27. The largest absolute Gasteiger partial charge is 0.394 e. The third kappa shape index (κ3) is 3.72. The SMILES string of the molecule is CC(C)c1ccccc1[C@H](CO)NC(=O)CCl. The number of aliphatic hydroxyl groups is 1. The third-order valence-electron chi connectivity index (χ3n) is 2.63. The van der Waals surface area contributed by atoms with E-state index in [-0.39, 0.29) is 24.4 Å². The Balaban J connectivity index is 2.98. The fraction of sp³-hybridized carbons (Fsp3) is 0.462. The van der Waals surface area contributed by atoms with E-state index in [1.54, 1.807) is 0 Å². The molecule has 1 atom stereocenters. The van der Waals surface area contributed by atoms with Gasteiger partial charge in [-0.3, -0.25) is 4.79 Å². The Kier molecular flexibility index (Phi) is 5.45. The van der Waals surface area contributed by atoms with Crippen molar-refractivity contribution in [3.63, 3.8) is 0 Å². The van der Waals surface area contributed by atoms with Crippen molar-refractivity contribution in [3.8, 4) is 0 Å². The van der Waals surface area contributed by atoms with Crippen LogP contribution in [-0.2, 0) is 4.79 Å². The van der Waals surface area contributed by atoms with Crippen molar-refractivity contribution in [2.75, 3.05) is 12.5 Å². The van der Waals surface area contributed by atoms with Gasteiger partial charge in [-0.05, 0) is 17.0 Å². The number of benzene rings is 1. The summed E-state index contributed by atoms with van der Waals surface area (Å²) < 4.78 is 0. The zero-order valence-corrected chi connectivity index (χ0v) is 10.9. The fourth-order valence-electron chi connectivity index (χ4n) is 1.81. The maximum atomic E-state index is 11.3. The smallest absolute Gasteiger partial charge is 0.235 e. The van der Waals surface area contributed by atoms with Gasteiger partial charge in [0.1, 0.15) is 5.88 Å². The molecule has 1 amide bonds. The van der Waals surface area contributed by atoms with Crippen LogP contribution in [-0.4, -0.2) is 23.5 Å². The molecule has 0 aromatic heterocycles. The lowest BCUT2D eigenvalue weighted by molar-refractivity contribution is -0.119. The fourth-order valence-corrected chi connectivity index (χ4v) is 1.89. The van der Waals surface area contributed by atoms with Crippen molar-refractivity contribution in [1.82, 2.24) is 5.32 Å². The lowest BCUT2D eigenvalue weighted by Gasteiger charge is -2.21. The molecule has 0 spiro atoms. The molecule has 0 saturated heterocycles. The summed E-state index contributed by atoms with van der Waals surface area (Å²) in [4.78, 5) is 11.3. The molecule has 1 aromatic carbocycles. The minimum atomic E-state index is -0.389. The van der Waals surface area contributed by atoms with Crippen LogP contribution < -0.4 is 5.32 Å². The Bertz CT molecular complexity index is 379. The minimum Gasteiger partial charge on any atom is -0.394 e. The monoisotopic (exact) mass is 255 g/mol. The number of carbonyl (C=O) groups is 1. The van der Waals surface area contributed by atoms with Gasteiger partial charge < -0.3 is 10.4 Å². The number of nitrogens with one attached hydrogen (secondary N) is 1. The number of halogens is 1. The van der Waals surface area contributed by atoms with Gasteiger partial charge in [-0.25, -0.2) is 0 Å². The number of hydrogen-bond acceptors (Lipinski definition) is 2. The summed E-state index contributed by atoms with van der Waals surface area (Å²) >= 11 is 5.45. The zero-order valence-electron chi connectivity index (χ0n) is 10.1. The average Bonchev–Trinajstić information content (AvgIpc) is 2.35. The van der Waals surface area contributed by atoms with Gasteiger partial charge >= 0.3 is 0 Å². The molecule has 4 heteroatoms. The molecule has 1 rings (SSSR count). The molecule has 0 bridgehead atoms. The van der Waals surface area contributed by atoms with Crippen molar-refractivity contribution in [1.29, 1.82) is 0 Å². The number of alkyl halides is 1. The molecular formula is C13H18ClNO2. The van der Waals surface area contributed by atoms with Crippen LogP contribution in [0.15, 0.2) is 24.3 Å². The number of amides is 1. The van der Waals surface area contributed by atoms with E-state index >= 15 is 0 Å². The first-order valence-electron chi connectivity index (χ1n) is 5.65. The molecule has 0 unspecified atom stereocenters. The molecule has 17 heavy (non-hydrogen) atoms. The Morgan fingerprint density at radius 3 is 2.41 bits per heavy atom. The van der Waals surface area contributed by atoms with Crippen molar-refractivity contribution in [3.05, 3.63) is 35.4 Å². The van der Waals surface area contributed by atoms with Crippen LogP contribution in [0.25, 0.3) is 0 Å². The highest BCUT2D eigenvalue weighted by atomic mass is 35.5. The van der Waals surface area contributed by atoms with E-state index in [2.05, 4.69) is 19.2 Å². The summed E-state index contributed by atoms with van der Waals surface area (Å²) in [5.74, 6) is -0.0298. The van der Waals surface area contributed by atoms with Crippen molar-refractivity contribution in [2.24, 2.45) is 0 Å². The second-order valence-electron chi connectivity index (χ2n) is 4.22. The quantitative estimate of drug-likeness (QED) is 0.793. The van der Waals surface area contributed by atoms with E-state index in [9.17, 15) is 9.90 Å². The average molecular weight is 256 g/mol. The van der Waals surface area contributed by atoms with Crippen molar-refractivity contribution in [2.45, 2.75) is 25.8 Å². The molecule has 94 valence electrons. The second kappa shape index (κ2) is 6.62. The normalized spacial score (nSPS) is 12.5. The van der Waals surface area contributed by atoms with Gasteiger partial charge in [0.15, 0.2) is 0 Å². The van der Waals surface area contributed by atoms with Gasteiger partial charge in [0.25, 0.3) is 0 Å². The number of aliphatic hydroxyl groups excluding tert-OH is 1. The zero-order chi connectivity index (χ0) is 12.8. The summed E-state index contributed by atoms with van der Waals surface area (Å²) in [5, 5.41) is 12.1. The third-order valence-corrected chi connectivity index (χ3v) is 2.88. The number of carbonyl (C=O) groups excluding carboxylic acids is 1. The summed E-state index contributed by atoms with van der Waals surface area (Å²) in [6.07, 6.45) is 0. The highest BCUT2D eigenvalue weighted by Crippen LogP contribution is 2.24. The topological polar surface area (TPSA) is 49.3 Å². The lowest BCUT2D eigenvalue weighted by atomic mass is 9.93. The second-order valence-corrected chi connectivity index (χ2v) is 4.49. The standard InChI is InChI=1S/C13H18ClNO2/c1-9(2)10-5-3-4-6-11(10)12(8-16)15-13(17)7-14/h3-6,9,12,16H,7-8H2,1-2H3,(H,15,17)/t12-/m0/s1. The highest BCUT2D eigenvalue weighted by Gasteiger charge is 2.17. The summed E-state index contributed by atoms with van der Waals surface area (Å²) in [6.45, 7) is 4.03. The maximum Gasteiger partial charge on any atom is 0.235 e. The Morgan fingerprint density at radius 2 is 1.94 bits per heavy atom. The molecule has 0 aliphatic carbocycles. The summed E-state index contributed by atoms with van der Waals surface area (Å²) in [6, 6.07) is 7.40. The summed E-state index contributed by atoms with van der Waals surface area (Å²) in [5.41, 5.74) is 2.07.